The number of aryl methyl sites for hydroxylation is 1. The summed E-state index contributed by atoms with van der Waals surface area (Å²) in [5, 5.41) is 3.39. The lowest BCUT2D eigenvalue weighted by atomic mass is 10.3. The lowest BCUT2D eigenvalue weighted by molar-refractivity contribution is 0.417. The van der Waals surface area contributed by atoms with E-state index in [0.717, 1.165) is 18.3 Å². The molecule has 142 valence electrons. The zero-order valence-corrected chi connectivity index (χ0v) is 15.4. The first-order valence-electron chi connectivity index (χ1n) is 8.04. The van der Waals surface area contributed by atoms with E-state index in [9.17, 15) is 8.42 Å². The van der Waals surface area contributed by atoms with Crippen molar-refractivity contribution >= 4 is 15.7 Å². The fourth-order valence-electron chi connectivity index (χ4n) is 2.39. The number of nitrogens with zero attached hydrogens (tertiary/aromatic N) is 5. The van der Waals surface area contributed by atoms with Crippen LogP contribution in [0.15, 0.2) is 70.9 Å². The van der Waals surface area contributed by atoms with Gasteiger partial charge in [-0.2, -0.15) is 0 Å². The van der Waals surface area contributed by atoms with Crippen molar-refractivity contribution in [2.45, 2.75) is 11.8 Å². The second-order valence-corrected chi connectivity index (χ2v) is 7.33. The summed E-state index contributed by atoms with van der Waals surface area (Å²) < 4.78 is 38.8. The summed E-state index contributed by atoms with van der Waals surface area (Å²) in [5.41, 5.74) is 0.367. The van der Waals surface area contributed by atoms with Crippen LogP contribution in [0.4, 0.5) is 5.69 Å². The standard InChI is InChI=1S/C17H14N6O4S/c1-12-18-6-7-23(12)16-8-17(20-11-19-16)27-14-4-2-13(3-5-14)22-28(24,25)15-9-21-26-10-15/h2-11,22H,1H3. The summed E-state index contributed by atoms with van der Waals surface area (Å²) in [6, 6.07) is 8.06. The largest absolute Gasteiger partial charge is 0.439 e. The molecule has 0 spiro atoms. The first kappa shape index (κ1) is 17.7. The van der Waals surface area contributed by atoms with Crippen LogP contribution >= 0.6 is 0 Å². The highest BCUT2D eigenvalue weighted by Gasteiger charge is 2.16. The SMILES string of the molecule is Cc1nccn1-c1cc(Oc2ccc(NS(=O)(=O)c3cnoc3)cc2)ncn1. The number of nitrogens with one attached hydrogen (secondary N) is 1. The van der Waals surface area contributed by atoms with Gasteiger partial charge in [-0.25, -0.2) is 23.4 Å². The van der Waals surface area contributed by atoms with E-state index < -0.39 is 10.0 Å². The van der Waals surface area contributed by atoms with Crippen LogP contribution in [0.5, 0.6) is 11.6 Å². The summed E-state index contributed by atoms with van der Waals surface area (Å²) in [4.78, 5) is 12.4. The molecule has 0 fully saturated rings. The number of sulfonamides is 1. The molecule has 0 amide bonds. The summed E-state index contributed by atoms with van der Waals surface area (Å²) in [5.74, 6) is 2.24. The number of hydrogen-bond acceptors (Lipinski definition) is 8. The van der Waals surface area contributed by atoms with Crippen molar-refractivity contribution in [3.8, 4) is 17.4 Å². The molecule has 0 saturated carbocycles. The normalized spacial score (nSPS) is 11.3. The van der Waals surface area contributed by atoms with E-state index in [-0.39, 0.29) is 4.90 Å². The van der Waals surface area contributed by atoms with Gasteiger partial charge in [0.05, 0.1) is 6.20 Å². The molecule has 1 N–H and O–H groups in total. The molecule has 0 saturated heterocycles. The van der Waals surface area contributed by atoms with Crippen LogP contribution in [0.1, 0.15) is 5.82 Å². The highest BCUT2D eigenvalue weighted by atomic mass is 32.2. The topological polar surface area (TPSA) is 125 Å². The van der Waals surface area contributed by atoms with Crippen molar-refractivity contribution in [2.75, 3.05) is 4.72 Å². The van der Waals surface area contributed by atoms with E-state index in [4.69, 9.17) is 4.74 Å². The molecule has 11 heteroatoms. The van der Waals surface area contributed by atoms with E-state index in [1.807, 2.05) is 6.92 Å². The molecule has 0 aliphatic heterocycles. The molecule has 0 atom stereocenters. The maximum Gasteiger partial charge on any atom is 0.266 e. The van der Waals surface area contributed by atoms with E-state index >= 15 is 0 Å². The fraction of sp³-hybridized carbons (Fsp3) is 0.0588. The highest BCUT2D eigenvalue weighted by molar-refractivity contribution is 7.92. The number of aromatic nitrogens is 5. The Morgan fingerprint density at radius 1 is 1.14 bits per heavy atom. The molecule has 28 heavy (non-hydrogen) atoms. The zero-order valence-electron chi connectivity index (χ0n) is 14.6. The first-order valence-corrected chi connectivity index (χ1v) is 9.52. The van der Waals surface area contributed by atoms with Crippen molar-refractivity contribution in [1.29, 1.82) is 0 Å². The van der Waals surface area contributed by atoms with E-state index in [1.54, 1.807) is 47.3 Å². The van der Waals surface area contributed by atoms with Crippen LogP contribution < -0.4 is 9.46 Å². The molecule has 0 bridgehead atoms. The average molecular weight is 398 g/mol. The van der Waals surface area contributed by atoms with E-state index in [2.05, 4.69) is 29.4 Å². The Balaban J connectivity index is 1.49. The van der Waals surface area contributed by atoms with Crippen LogP contribution in [-0.4, -0.2) is 33.1 Å². The smallest absolute Gasteiger partial charge is 0.266 e. The van der Waals surface area contributed by atoms with Crippen LogP contribution in [-0.2, 0) is 10.0 Å². The van der Waals surface area contributed by atoms with Crippen molar-refractivity contribution in [3.05, 3.63) is 67.3 Å². The van der Waals surface area contributed by atoms with Crippen molar-refractivity contribution < 1.29 is 17.7 Å². The van der Waals surface area contributed by atoms with Gasteiger partial charge in [-0.05, 0) is 31.2 Å². The van der Waals surface area contributed by atoms with Crippen LogP contribution in [0, 0.1) is 6.92 Å². The third-order valence-electron chi connectivity index (χ3n) is 3.75. The van der Waals surface area contributed by atoms with Gasteiger partial charge in [0.1, 0.15) is 34.9 Å². The minimum Gasteiger partial charge on any atom is -0.439 e. The van der Waals surface area contributed by atoms with Crippen molar-refractivity contribution in [1.82, 2.24) is 24.7 Å². The monoisotopic (exact) mass is 398 g/mol. The predicted octanol–water partition coefficient (Wildman–Crippen LogP) is 2.55. The van der Waals surface area contributed by atoms with Gasteiger partial charge in [-0.3, -0.25) is 9.29 Å². The zero-order chi connectivity index (χ0) is 19.6. The molecule has 0 aliphatic rings. The highest BCUT2D eigenvalue weighted by Crippen LogP contribution is 2.24. The molecule has 10 nitrogen and oxygen atoms in total. The number of anilines is 1. The molecule has 4 rings (SSSR count). The minimum absolute atomic E-state index is 0.0591. The van der Waals surface area contributed by atoms with E-state index in [0.29, 0.717) is 23.1 Å². The maximum absolute atomic E-state index is 12.1. The summed E-state index contributed by atoms with van der Waals surface area (Å²) in [6.45, 7) is 1.86. The van der Waals surface area contributed by atoms with Gasteiger partial charge < -0.3 is 9.26 Å². The Bertz CT molecular complexity index is 1190. The number of ether oxygens (including phenoxy) is 1. The molecule has 0 unspecified atom stereocenters. The third kappa shape index (κ3) is 3.69. The first-order chi connectivity index (χ1) is 13.5. The lowest BCUT2D eigenvalue weighted by Crippen LogP contribution is -2.11. The number of benzene rings is 1. The Kier molecular flexibility index (Phi) is 4.49. The molecule has 3 aromatic heterocycles. The Morgan fingerprint density at radius 3 is 2.64 bits per heavy atom. The molecule has 4 aromatic rings. The fourth-order valence-corrected chi connectivity index (χ4v) is 3.31. The average Bonchev–Trinajstić information content (AvgIpc) is 3.35. The van der Waals surface area contributed by atoms with Gasteiger partial charge in [-0.15, -0.1) is 0 Å². The Labute approximate surface area is 159 Å². The van der Waals surface area contributed by atoms with Gasteiger partial charge in [0.2, 0.25) is 5.88 Å². The Hall–Kier alpha value is -3.73. The molecule has 1 aromatic carbocycles. The van der Waals surface area contributed by atoms with E-state index in [1.165, 1.54) is 6.33 Å². The van der Waals surface area contributed by atoms with Crippen molar-refractivity contribution in [2.24, 2.45) is 0 Å². The summed E-state index contributed by atoms with van der Waals surface area (Å²) >= 11 is 0. The molecule has 0 aliphatic carbocycles. The van der Waals surface area contributed by atoms with Gasteiger partial charge in [-0.1, -0.05) is 5.16 Å². The summed E-state index contributed by atoms with van der Waals surface area (Å²) in [7, 11) is -3.75. The van der Waals surface area contributed by atoms with Crippen LogP contribution in [0.2, 0.25) is 0 Å². The predicted molar refractivity (Wildman–Crippen MR) is 97.7 cm³/mol. The van der Waals surface area contributed by atoms with Crippen molar-refractivity contribution in [3.63, 3.8) is 0 Å². The molecule has 0 radical (unpaired) electrons. The van der Waals surface area contributed by atoms with Gasteiger partial charge in [0, 0.05) is 24.1 Å². The quantitative estimate of drug-likeness (QED) is 0.525. The second-order valence-electron chi connectivity index (χ2n) is 5.65. The van der Waals surface area contributed by atoms with Crippen LogP contribution in [0.25, 0.3) is 5.82 Å². The number of hydrogen-bond donors (Lipinski definition) is 1. The lowest BCUT2D eigenvalue weighted by Gasteiger charge is -2.09. The second kappa shape index (κ2) is 7.12. The third-order valence-corrected chi connectivity index (χ3v) is 5.08. The molecule has 3 heterocycles. The Morgan fingerprint density at radius 2 is 1.96 bits per heavy atom. The minimum atomic E-state index is -3.75. The number of imidazole rings is 1. The van der Waals surface area contributed by atoms with Crippen LogP contribution in [0.3, 0.4) is 0 Å². The van der Waals surface area contributed by atoms with Gasteiger partial charge in [0.15, 0.2) is 0 Å². The molecular formula is C17H14N6O4S. The van der Waals surface area contributed by atoms with Gasteiger partial charge >= 0.3 is 0 Å². The number of rotatable bonds is 6. The van der Waals surface area contributed by atoms with Gasteiger partial charge in [0.25, 0.3) is 10.0 Å². The summed E-state index contributed by atoms with van der Waals surface area (Å²) in [6.07, 6.45) is 7.03. The molecular weight excluding hydrogens is 384 g/mol. The maximum atomic E-state index is 12.1.